The van der Waals surface area contributed by atoms with E-state index < -0.39 is 18.7 Å². The van der Waals surface area contributed by atoms with Gasteiger partial charge in [0.2, 0.25) is 0 Å². The Morgan fingerprint density at radius 2 is 1.91 bits per heavy atom. The van der Waals surface area contributed by atoms with E-state index in [2.05, 4.69) is 10.1 Å². The summed E-state index contributed by atoms with van der Waals surface area (Å²) in [6, 6.07) is 10.0. The molecule has 1 aliphatic rings. The molecule has 120 valence electrons. The van der Waals surface area contributed by atoms with E-state index in [0.29, 0.717) is 26.2 Å². The number of hydrogen-bond acceptors (Lipinski definition) is 5. The molecule has 1 aromatic rings. The van der Waals surface area contributed by atoms with Crippen LogP contribution >= 0.6 is 0 Å². The third kappa shape index (κ3) is 5.34. The summed E-state index contributed by atoms with van der Waals surface area (Å²) in [4.78, 5) is 21.4. The van der Waals surface area contributed by atoms with Gasteiger partial charge >= 0.3 is 12.1 Å². The number of benzene rings is 1. The first-order valence-electron chi connectivity index (χ1n) is 7.05. The van der Waals surface area contributed by atoms with Crippen LogP contribution in [0.1, 0.15) is 17.9 Å². The predicted molar refractivity (Wildman–Crippen MR) is 76.5 cm³/mol. The zero-order valence-electron chi connectivity index (χ0n) is 12.1. The van der Waals surface area contributed by atoms with Crippen LogP contribution in [0.25, 0.3) is 0 Å². The highest BCUT2D eigenvalue weighted by atomic mass is 16.7. The van der Waals surface area contributed by atoms with E-state index in [4.69, 9.17) is 14.6 Å². The van der Waals surface area contributed by atoms with Crippen LogP contribution in [0.2, 0.25) is 0 Å². The molecule has 7 nitrogen and oxygen atoms in total. The molecule has 0 unspecified atom stereocenters. The van der Waals surface area contributed by atoms with Gasteiger partial charge in [0.1, 0.15) is 0 Å². The Morgan fingerprint density at radius 1 is 1.23 bits per heavy atom. The van der Waals surface area contributed by atoms with Crippen molar-refractivity contribution in [2.45, 2.75) is 18.6 Å². The predicted octanol–water partition coefficient (Wildman–Crippen LogP) is 1.34. The van der Waals surface area contributed by atoms with E-state index in [9.17, 15) is 9.59 Å². The minimum Gasteiger partial charge on any atom is -0.479 e. The molecule has 22 heavy (non-hydrogen) atoms. The first-order chi connectivity index (χ1) is 10.6. The SMILES string of the molecule is O=C(O)COC(=O)NCCC1OCC(c2ccccc2)CO1. The molecule has 2 rings (SSSR count). The Morgan fingerprint density at radius 3 is 2.55 bits per heavy atom. The molecule has 1 saturated heterocycles. The number of aliphatic carboxylic acids is 1. The molecule has 1 aromatic carbocycles. The summed E-state index contributed by atoms with van der Waals surface area (Å²) < 4.78 is 15.7. The van der Waals surface area contributed by atoms with Gasteiger partial charge in [0.15, 0.2) is 12.9 Å². The summed E-state index contributed by atoms with van der Waals surface area (Å²) in [5, 5.41) is 10.8. The lowest BCUT2D eigenvalue weighted by molar-refractivity contribution is -0.188. The zero-order chi connectivity index (χ0) is 15.8. The molecule has 1 fully saturated rings. The Labute approximate surface area is 128 Å². The van der Waals surface area contributed by atoms with Gasteiger partial charge in [0.05, 0.1) is 13.2 Å². The normalized spacial score (nSPS) is 21.1. The molecular formula is C15H19NO6. The number of hydrogen-bond donors (Lipinski definition) is 2. The van der Waals surface area contributed by atoms with Gasteiger partial charge in [-0.25, -0.2) is 9.59 Å². The maximum absolute atomic E-state index is 11.1. The minimum atomic E-state index is -1.19. The van der Waals surface area contributed by atoms with E-state index in [1.807, 2.05) is 30.3 Å². The molecule has 1 heterocycles. The highest BCUT2D eigenvalue weighted by Gasteiger charge is 2.23. The zero-order valence-corrected chi connectivity index (χ0v) is 12.1. The molecule has 7 heteroatoms. The smallest absolute Gasteiger partial charge is 0.407 e. The van der Waals surface area contributed by atoms with Crippen molar-refractivity contribution in [2.75, 3.05) is 26.4 Å². The average Bonchev–Trinajstić information content (AvgIpc) is 2.54. The molecule has 0 spiro atoms. The van der Waals surface area contributed by atoms with Gasteiger partial charge in [0.25, 0.3) is 0 Å². The van der Waals surface area contributed by atoms with Gasteiger partial charge in [-0.15, -0.1) is 0 Å². The number of ether oxygens (including phenoxy) is 3. The first kappa shape index (κ1) is 16.3. The fourth-order valence-electron chi connectivity index (χ4n) is 2.10. The first-order valence-corrected chi connectivity index (χ1v) is 7.05. The molecule has 0 saturated carbocycles. The molecular weight excluding hydrogens is 290 g/mol. The summed E-state index contributed by atoms with van der Waals surface area (Å²) in [6.45, 7) is 0.774. The van der Waals surface area contributed by atoms with Crippen LogP contribution in [0.15, 0.2) is 30.3 Å². The Bertz CT molecular complexity index is 484. The van der Waals surface area contributed by atoms with Crippen molar-refractivity contribution in [1.29, 1.82) is 0 Å². The largest absolute Gasteiger partial charge is 0.479 e. The fourth-order valence-corrected chi connectivity index (χ4v) is 2.10. The van der Waals surface area contributed by atoms with Crippen molar-refractivity contribution in [1.82, 2.24) is 5.32 Å². The fraction of sp³-hybridized carbons (Fsp3) is 0.467. The quantitative estimate of drug-likeness (QED) is 0.823. The number of amides is 1. The number of carboxylic acid groups (broad SMARTS) is 1. The second-order valence-electron chi connectivity index (χ2n) is 4.89. The number of alkyl carbamates (subject to hydrolysis) is 1. The standard InChI is InChI=1S/C15H19NO6/c17-13(18)10-22-15(19)16-7-6-14-20-8-12(9-21-14)11-4-2-1-3-5-11/h1-5,12,14H,6-10H2,(H,16,19)(H,17,18). The van der Waals surface area contributed by atoms with Gasteiger partial charge in [-0.1, -0.05) is 30.3 Å². The Kier molecular flexibility index (Phi) is 6.17. The van der Waals surface area contributed by atoms with Crippen molar-refractivity contribution in [3.8, 4) is 0 Å². The van der Waals surface area contributed by atoms with Crippen molar-refractivity contribution in [2.24, 2.45) is 0 Å². The van der Waals surface area contributed by atoms with Crippen LogP contribution in [-0.2, 0) is 19.0 Å². The van der Waals surface area contributed by atoms with E-state index >= 15 is 0 Å². The van der Waals surface area contributed by atoms with Crippen molar-refractivity contribution in [3.05, 3.63) is 35.9 Å². The van der Waals surface area contributed by atoms with Gasteiger partial charge in [0, 0.05) is 18.9 Å². The maximum atomic E-state index is 11.1. The third-order valence-electron chi connectivity index (χ3n) is 3.21. The van der Waals surface area contributed by atoms with Crippen LogP contribution in [0.4, 0.5) is 4.79 Å². The summed E-state index contributed by atoms with van der Waals surface area (Å²) in [5.41, 5.74) is 1.18. The van der Waals surface area contributed by atoms with E-state index in [0.717, 1.165) is 0 Å². The summed E-state index contributed by atoms with van der Waals surface area (Å²) in [5.74, 6) is -0.980. The number of carbonyl (C=O) groups excluding carboxylic acids is 1. The molecule has 0 radical (unpaired) electrons. The monoisotopic (exact) mass is 309 g/mol. The second-order valence-corrected chi connectivity index (χ2v) is 4.89. The minimum absolute atomic E-state index is 0.214. The molecule has 2 N–H and O–H groups in total. The Balaban J connectivity index is 1.62. The van der Waals surface area contributed by atoms with Crippen molar-refractivity contribution in [3.63, 3.8) is 0 Å². The van der Waals surface area contributed by atoms with Crippen molar-refractivity contribution < 1.29 is 28.9 Å². The molecule has 0 bridgehead atoms. The topological polar surface area (TPSA) is 94.1 Å². The van der Waals surface area contributed by atoms with Crippen LogP contribution in [0, 0.1) is 0 Å². The molecule has 0 atom stereocenters. The lowest BCUT2D eigenvalue weighted by atomic mass is 10.0. The molecule has 0 aliphatic carbocycles. The van der Waals surface area contributed by atoms with Crippen LogP contribution in [0.3, 0.4) is 0 Å². The van der Waals surface area contributed by atoms with Crippen LogP contribution < -0.4 is 5.32 Å². The molecule has 1 amide bonds. The van der Waals surface area contributed by atoms with Gasteiger partial charge < -0.3 is 24.6 Å². The highest BCUT2D eigenvalue weighted by Crippen LogP contribution is 2.22. The Hall–Kier alpha value is -2.12. The van der Waals surface area contributed by atoms with Crippen LogP contribution in [-0.4, -0.2) is 49.8 Å². The van der Waals surface area contributed by atoms with Gasteiger partial charge in [-0.3, -0.25) is 0 Å². The number of carbonyl (C=O) groups is 2. The second kappa shape index (κ2) is 8.35. The lowest BCUT2D eigenvalue weighted by Gasteiger charge is -2.29. The third-order valence-corrected chi connectivity index (χ3v) is 3.21. The summed E-state index contributed by atoms with van der Waals surface area (Å²) in [6.07, 6.45) is -0.663. The number of carboxylic acids is 1. The van der Waals surface area contributed by atoms with E-state index in [1.165, 1.54) is 5.56 Å². The average molecular weight is 309 g/mol. The van der Waals surface area contributed by atoms with Gasteiger partial charge in [-0.2, -0.15) is 0 Å². The van der Waals surface area contributed by atoms with Gasteiger partial charge in [-0.05, 0) is 5.56 Å². The summed E-state index contributed by atoms with van der Waals surface area (Å²) >= 11 is 0. The van der Waals surface area contributed by atoms with Crippen molar-refractivity contribution >= 4 is 12.1 Å². The van der Waals surface area contributed by atoms with E-state index in [1.54, 1.807) is 0 Å². The lowest BCUT2D eigenvalue weighted by Crippen LogP contribution is -2.35. The number of nitrogens with one attached hydrogen (secondary N) is 1. The number of rotatable bonds is 6. The van der Waals surface area contributed by atoms with Crippen LogP contribution in [0.5, 0.6) is 0 Å². The maximum Gasteiger partial charge on any atom is 0.407 e. The van der Waals surface area contributed by atoms with E-state index in [-0.39, 0.29) is 12.2 Å². The molecule has 0 aromatic heterocycles. The molecule has 1 aliphatic heterocycles. The highest BCUT2D eigenvalue weighted by molar-refractivity contribution is 5.73. The summed E-state index contributed by atoms with van der Waals surface area (Å²) in [7, 11) is 0.